The highest BCUT2D eigenvalue weighted by Crippen LogP contribution is 2.58. The third-order valence-corrected chi connectivity index (χ3v) is 7.44. The molecule has 3 rings (SSSR count). The first-order chi connectivity index (χ1) is 12.2. The lowest BCUT2D eigenvalue weighted by Gasteiger charge is -2.56. The van der Waals surface area contributed by atoms with Gasteiger partial charge >= 0.3 is 7.60 Å². The lowest BCUT2D eigenvalue weighted by Crippen LogP contribution is -2.80. The molecule has 0 radical (unpaired) electrons. The van der Waals surface area contributed by atoms with Gasteiger partial charge in [-0.25, -0.2) is 0 Å². The van der Waals surface area contributed by atoms with Gasteiger partial charge in [-0.1, -0.05) is 6.07 Å². The third-order valence-electron chi connectivity index (χ3n) is 4.11. The van der Waals surface area contributed by atoms with E-state index in [0.717, 1.165) is 21.5 Å². The monoisotopic (exact) mass is 420 g/mol. The smallest absolute Gasteiger partial charge is 0.372 e. The van der Waals surface area contributed by atoms with Gasteiger partial charge in [-0.3, -0.25) is 19.1 Å². The van der Waals surface area contributed by atoms with Crippen molar-refractivity contribution in [2.75, 3.05) is 19.5 Å². The molecule has 0 aliphatic carbocycles. The van der Waals surface area contributed by atoms with Gasteiger partial charge in [0.2, 0.25) is 5.91 Å². The lowest BCUT2D eigenvalue weighted by atomic mass is 10.0. The number of nitrogens with one attached hydrogen (secondary N) is 1. The van der Waals surface area contributed by atoms with Crippen LogP contribution in [0, 0.1) is 0 Å². The van der Waals surface area contributed by atoms with Crippen LogP contribution in [-0.4, -0.2) is 62.2 Å². The van der Waals surface area contributed by atoms with E-state index in [1.807, 2.05) is 5.38 Å². The van der Waals surface area contributed by atoms with E-state index in [4.69, 9.17) is 4.74 Å². The molecule has 1 saturated heterocycles. The van der Waals surface area contributed by atoms with Crippen molar-refractivity contribution >= 4 is 42.5 Å². The lowest BCUT2D eigenvalue weighted by molar-refractivity contribution is -0.190. The third kappa shape index (κ3) is 3.13. The van der Waals surface area contributed by atoms with Gasteiger partial charge in [0.15, 0.2) is 0 Å². The number of carbonyl (C=O) groups is 2. The normalized spacial score (nSPS) is 25.8. The van der Waals surface area contributed by atoms with Gasteiger partial charge in [0.25, 0.3) is 11.6 Å². The van der Waals surface area contributed by atoms with Crippen LogP contribution in [0.25, 0.3) is 0 Å². The molecule has 1 unspecified atom stereocenters. The number of ether oxygens (including phenoxy) is 1. The number of β-lactam (4-membered cyclic amide) rings is 1. The van der Waals surface area contributed by atoms with Gasteiger partial charge in [0, 0.05) is 17.7 Å². The Hall–Kier alpha value is -1.20. The second kappa shape index (κ2) is 7.08. The zero-order chi connectivity index (χ0) is 19.1. The highest BCUT2D eigenvalue weighted by molar-refractivity contribution is 8.00. The number of carbonyl (C=O) groups excluding carboxylic acids is 2. The molecule has 4 N–H and O–H groups in total. The zero-order valence-corrected chi connectivity index (χ0v) is 16.1. The second-order valence-corrected chi connectivity index (χ2v) is 9.32. The fourth-order valence-corrected chi connectivity index (χ4v) is 6.33. The number of nitrogens with zero attached hydrogens (tertiary/aromatic N) is 1. The van der Waals surface area contributed by atoms with Crippen molar-refractivity contribution in [2.24, 2.45) is 0 Å². The molecule has 1 fully saturated rings. The van der Waals surface area contributed by atoms with E-state index in [9.17, 15) is 29.0 Å². The van der Waals surface area contributed by atoms with Crippen LogP contribution in [0.5, 0.6) is 0 Å². The summed E-state index contributed by atoms with van der Waals surface area (Å²) < 4.78 is 17.1. The zero-order valence-electron chi connectivity index (χ0n) is 13.6. The Labute approximate surface area is 157 Å². The summed E-state index contributed by atoms with van der Waals surface area (Å²) in [6.07, 6.45) is 0.0660. The van der Waals surface area contributed by atoms with Crippen molar-refractivity contribution in [3.8, 4) is 0 Å². The number of rotatable bonds is 6. The minimum Gasteiger partial charge on any atom is -0.392 e. The predicted octanol–water partition coefficient (Wildman–Crippen LogP) is 0.0462. The molecule has 2 amide bonds. The van der Waals surface area contributed by atoms with E-state index in [-0.39, 0.29) is 17.7 Å². The van der Waals surface area contributed by atoms with Gasteiger partial charge < -0.3 is 24.9 Å². The molecule has 1 aromatic heterocycles. The Morgan fingerprint density at radius 1 is 1.54 bits per heavy atom. The Kier molecular flexibility index (Phi) is 5.33. The topological polar surface area (TPSA) is 136 Å². The first kappa shape index (κ1) is 19.6. The molecule has 3 heterocycles. The first-order valence-electron chi connectivity index (χ1n) is 7.47. The molecule has 0 aromatic carbocycles. The van der Waals surface area contributed by atoms with Crippen molar-refractivity contribution < 1.29 is 33.8 Å². The Balaban J connectivity index is 1.86. The summed E-state index contributed by atoms with van der Waals surface area (Å²) in [5.41, 5.74) is -2.11. The number of aliphatic hydroxyl groups is 1. The second-order valence-electron chi connectivity index (χ2n) is 5.71. The summed E-state index contributed by atoms with van der Waals surface area (Å²) in [7, 11) is -3.54. The quantitative estimate of drug-likeness (QED) is 0.288. The molecule has 26 heavy (non-hydrogen) atoms. The van der Waals surface area contributed by atoms with Gasteiger partial charge in [-0.05, 0) is 17.0 Å². The van der Waals surface area contributed by atoms with Crippen molar-refractivity contribution in [1.82, 2.24) is 10.2 Å². The Morgan fingerprint density at radius 3 is 2.81 bits per heavy atom. The molecule has 1 aromatic rings. The number of methoxy groups -OCH3 is 1. The number of fused-ring (bicyclic) bond motifs is 1. The summed E-state index contributed by atoms with van der Waals surface area (Å²) in [6.45, 7) is -0.575. The number of hydrogen-bond acceptors (Lipinski definition) is 7. The predicted molar refractivity (Wildman–Crippen MR) is 95.2 cm³/mol. The van der Waals surface area contributed by atoms with Crippen LogP contribution >= 0.6 is 30.7 Å². The average molecular weight is 420 g/mol. The number of thiophene rings is 1. The largest absolute Gasteiger partial charge is 0.392 e. The number of aliphatic hydroxyl groups excluding tert-OH is 1. The maximum absolute atomic E-state index is 12.7. The maximum Gasteiger partial charge on any atom is 0.372 e. The van der Waals surface area contributed by atoms with Crippen molar-refractivity contribution in [3.63, 3.8) is 0 Å². The Bertz CT molecular complexity index is 806. The number of amides is 2. The Morgan fingerprint density at radius 2 is 2.27 bits per heavy atom. The van der Waals surface area contributed by atoms with Gasteiger partial charge in [0.05, 0.1) is 13.0 Å². The highest BCUT2D eigenvalue weighted by Gasteiger charge is 2.67. The molecule has 2 aliphatic rings. The fraction of sp³-hybridized carbons (Fsp3) is 0.429. The van der Waals surface area contributed by atoms with Crippen LogP contribution in [0.3, 0.4) is 0 Å². The molecule has 2 atom stereocenters. The van der Waals surface area contributed by atoms with Gasteiger partial charge in [-0.2, -0.15) is 0 Å². The molecule has 0 saturated carbocycles. The molecular formula is C14H17N2O7PS2. The highest BCUT2D eigenvalue weighted by atomic mass is 32.2. The number of thioether (sulfide) groups is 1. The molecule has 12 heteroatoms. The van der Waals surface area contributed by atoms with Crippen LogP contribution in [0.1, 0.15) is 4.88 Å². The summed E-state index contributed by atoms with van der Waals surface area (Å²) in [4.78, 5) is 46.0. The van der Waals surface area contributed by atoms with E-state index in [0.29, 0.717) is 0 Å². The fourth-order valence-electron chi connectivity index (χ4n) is 2.96. The molecule has 0 spiro atoms. The molecule has 2 aliphatic heterocycles. The van der Waals surface area contributed by atoms with E-state index < -0.39 is 42.6 Å². The van der Waals surface area contributed by atoms with Crippen LogP contribution in [0.2, 0.25) is 0 Å². The van der Waals surface area contributed by atoms with Gasteiger partial charge in [0.1, 0.15) is 10.8 Å². The van der Waals surface area contributed by atoms with E-state index in [1.54, 1.807) is 12.1 Å². The summed E-state index contributed by atoms with van der Waals surface area (Å²) >= 11 is 2.56. The summed E-state index contributed by atoms with van der Waals surface area (Å²) in [6, 6.07) is 3.59. The van der Waals surface area contributed by atoms with E-state index >= 15 is 0 Å². The van der Waals surface area contributed by atoms with Gasteiger partial charge in [-0.15, -0.1) is 23.1 Å². The minimum atomic E-state index is -4.80. The molecular weight excluding hydrogens is 403 g/mol. The van der Waals surface area contributed by atoms with Crippen molar-refractivity contribution in [1.29, 1.82) is 0 Å². The van der Waals surface area contributed by atoms with E-state index in [2.05, 4.69) is 5.32 Å². The number of hydrogen-bond donors (Lipinski definition) is 4. The average Bonchev–Trinajstić information content (AvgIpc) is 3.09. The van der Waals surface area contributed by atoms with Crippen molar-refractivity contribution in [3.05, 3.63) is 33.4 Å². The van der Waals surface area contributed by atoms with Crippen LogP contribution < -0.4 is 5.32 Å². The van der Waals surface area contributed by atoms with Crippen LogP contribution in [0.15, 0.2) is 28.5 Å². The molecule has 9 nitrogen and oxygen atoms in total. The van der Waals surface area contributed by atoms with Crippen LogP contribution in [0.4, 0.5) is 0 Å². The molecule has 142 valence electrons. The minimum absolute atomic E-state index is 0.0660. The maximum atomic E-state index is 12.7. The van der Waals surface area contributed by atoms with Crippen LogP contribution in [-0.2, 0) is 25.3 Å². The summed E-state index contributed by atoms with van der Waals surface area (Å²) in [5.74, 6) is -1.10. The molecule has 0 bridgehead atoms. The van der Waals surface area contributed by atoms with E-state index in [1.165, 1.54) is 18.4 Å². The standard InChI is InChI=1S/C14H17N2O7PS2/c1-23-14(15-10(18)5-9-3-2-4-25-9)12(19)16-11(24(20,21)22)8(6-17)7-26-13(14)16/h2-4,13,17H,5-7H2,1H3,(H,15,18)(H2,20,21,22)/t13-,14?/m1/s1. The first-order valence-corrected chi connectivity index (χ1v) is 11.0. The summed E-state index contributed by atoms with van der Waals surface area (Å²) in [5, 5.41) is 12.9. The SMILES string of the molecule is COC1(NC(=O)Cc2cccs2)C(=O)N2C(P(=O)(O)O)=C(CO)CS[C@@H]21. The van der Waals surface area contributed by atoms with Crippen molar-refractivity contribution in [2.45, 2.75) is 17.5 Å².